The molecule has 3 nitrogen and oxygen atoms in total. The lowest BCUT2D eigenvalue weighted by Crippen LogP contribution is -2.32. The van der Waals surface area contributed by atoms with Crippen LogP contribution in [0.5, 0.6) is 0 Å². The fourth-order valence-corrected chi connectivity index (χ4v) is 2.09. The zero-order valence-electron chi connectivity index (χ0n) is 11.3. The van der Waals surface area contributed by atoms with E-state index in [1.807, 2.05) is 31.3 Å². The summed E-state index contributed by atoms with van der Waals surface area (Å²) in [7, 11) is 2.05. The van der Waals surface area contributed by atoms with Crippen molar-refractivity contribution in [1.29, 1.82) is 0 Å². The van der Waals surface area contributed by atoms with Crippen molar-refractivity contribution >= 4 is 11.6 Å². The van der Waals surface area contributed by atoms with Gasteiger partial charge in [-0.1, -0.05) is 6.42 Å². The average molecular weight is 246 g/mol. The molecule has 0 spiro atoms. The van der Waals surface area contributed by atoms with Gasteiger partial charge < -0.3 is 10.2 Å². The summed E-state index contributed by atoms with van der Waals surface area (Å²) in [6.45, 7) is 3.90. The first-order chi connectivity index (χ1) is 8.70. The van der Waals surface area contributed by atoms with E-state index in [0.717, 1.165) is 24.3 Å². The number of carbonyl (C=O) groups excluding carboxylic acids is 1. The van der Waals surface area contributed by atoms with Gasteiger partial charge in [0.15, 0.2) is 0 Å². The van der Waals surface area contributed by atoms with Crippen molar-refractivity contribution in [2.24, 2.45) is 5.92 Å². The van der Waals surface area contributed by atoms with E-state index in [-0.39, 0.29) is 5.91 Å². The van der Waals surface area contributed by atoms with Gasteiger partial charge >= 0.3 is 0 Å². The highest BCUT2D eigenvalue weighted by Gasteiger charge is 2.18. The Labute approximate surface area is 109 Å². The monoisotopic (exact) mass is 246 g/mol. The molecule has 0 radical (unpaired) electrons. The minimum Gasteiger partial charge on any atom is -0.375 e. The maximum Gasteiger partial charge on any atom is 0.251 e. The van der Waals surface area contributed by atoms with Crippen LogP contribution in [0.15, 0.2) is 24.3 Å². The Morgan fingerprint density at radius 2 is 2.00 bits per heavy atom. The summed E-state index contributed by atoms with van der Waals surface area (Å²) in [6, 6.07) is 7.80. The van der Waals surface area contributed by atoms with E-state index in [4.69, 9.17) is 0 Å². The van der Waals surface area contributed by atoms with E-state index in [1.165, 1.54) is 19.3 Å². The molecule has 0 aromatic heterocycles. The van der Waals surface area contributed by atoms with Crippen LogP contribution in [0, 0.1) is 5.92 Å². The first-order valence-electron chi connectivity index (χ1n) is 6.80. The lowest BCUT2D eigenvalue weighted by atomic mass is 9.85. The Hall–Kier alpha value is -1.51. The van der Waals surface area contributed by atoms with E-state index in [9.17, 15) is 4.79 Å². The molecular weight excluding hydrogens is 224 g/mol. The van der Waals surface area contributed by atoms with Gasteiger partial charge in [-0.25, -0.2) is 0 Å². The Bertz CT molecular complexity index is 395. The van der Waals surface area contributed by atoms with E-state index in [0.29, 0.717) is 5.92 Å². The number of nitrogens with zero attached hydrogens (tertiary/aromatic N) is 1. The molecule has 0 aliphatic heterocycles. The molecule has 1 N–H and O–H groups in total. The number of amides is 1. The van der Waals surface area contributed by atoms with Crippen molar-refractivity contribution in [2.45, 2.75) is 26.2 Å². The highest BCUT2D eigenvalue weighted by Crippen LogP contribution is 2.25. The highest BCUT2D eigenvalue weighted by molar-refractivity contribution is 5.94. The number of benzene rings is 1. The van der Waals surface area contributed by atoms with Crippen LogP contribution in [0.3, 0.4) is 0 Å². The van der Waals surface area contributed by atoms with Gasteiger partial charge in [-0.2, -0.15) is 0 Å². The van der Waals surface area contributed by atoms with Crippen LogP contribution in [0.2, 0.25) is 0 Å². The lowest BCUT2D eigenvalue weighted by molar-refractivity contribution is 0.0939. The molecule has 1 aromatic rings. The molecule has 0 saturated heterocycles. The second-order valence-corrected chi connectivity index (χ2v) is 5.07. The summed E-state index contributed by atoms with van der Waals surface area (Å²) in [4.78, 5) is 14.1. The number of rotatable bonds is 5. The molecule has 1 saturated carbocycles. The summed E-state index contributed by atoms with van der Waals surface area (Å²) in [5.74, 6) is 0.757. The van der Waals surface area contributed by atoms with Crippen LogP contribution in [-0.4, -0.2) is 26.0 Å². The van der Waals surface area contributed by atoms with Crippen LogP contribution in [0.1, 0.15) is 36.5 Å². The molecule has 1 amide bonds. The molecular formula is C15H22N2O. The summed E-state index contributed by atoms with van der Waals surface area (Å²) in [5, 5.41) is 3.01. The maximum absolute atomic E-state index is 11.9. The fraction of sp³-hybridized carbons (Fsp3) is 0.533. The Morgan fingerprint density at radius 3 is 2.50 bits per heavy atom. The van der Waals surface area contributed by atoms with Gasteiger partial charge in [0, 0.05) is 31.4 Å². The molecule has 18 heavy (non-hydrogen) atoms. The average Bonchev–Trinajstić information content (AvgIpc) is 2.36. The topological polar surface area (TPSA) is 32.3 Å². The number of nitrogens with one attached hydrogen (secondary N) is 1. The molecule has 1 aromatic carbocycles. The zero-order valence-corrected chi connectivity index (χ0v) is 11.3. The lowest BCUT2D eigenvalue weighted by Gasteiger charge is -2.25. The highest BCUT2D eigenvalue weighted by atomic mass is 16.1. The van der Waals surface area contributed by atoms with Crippen LogP contribution in [-0.2, 0) is 0 Å². The SMILES string of the molecule is CCN(C)c1ccc(C(=O)NCC2CCC2)cc1. The summed E-state index contributed by atoms with van der Waals surface area (Å²) in [5.41, 5.74) is 1.90. The Kier molecular flexibility index (Phi) is 4.24. The van der Waals surface area contributed by atoms with Crippen LogP contribution in [0.4, 0.5) is 5.69 Å². The normalized spacial score (nSPS) is 15.0. The molecule has 1 aliphatic carbocycles. The van der Waals surface area contributed by atoms with E-state index in [1.54, 1.807) is 0 Å². The van der Waals surface area contributed by atoms with Gasteiger partial charge in [0.2, 0.25) is 0 Å². The van der Waals surface area contributed by atoms with Gasteiger partial charge in [0.05, 0.1) is 0 Å². The molecule has 2 rings (SSSR count). The van der Waals surface area contributed by atoms with E-state index in [2.05, 4.69) is 17.1 Å². The quantitative estimate of drug-likeness (QED) is 0.866. The summed E-state index contributed by atoms with van der Waals surface area (Å²) in [6.07, 6.45) is 3.85. The van der Waals surface area contributed by atoms with Gasteiger partial charge in [0.1, 0.15) is 0 Å². The van der Waals surface area contributed by atoms with E-state index >= 15 is 0 Å². The number of hydrogen-bond donors (Lipinski definition) is 1. The third kappa shape index (κ3) is 3.03. The van der Waals surface area contributed by atoms with Gasteiger partial charge in [-0.15, -0.1) is 0 Å². The van der Waals surface area contributed by atoms with Crippen molar-refractivity contribution in [3.8, 4) is 0 Å². The molecule has 0 heterocycles. The van der Waals surface area contributed by atoms with Crippen molar-refractivity contribution in [2.75, 3.05) is 25.0 Å². The number of hydrogen-bond acceptors (Lipinski definition) is 2. The Balaban J connectivity index is 1.89. The van der Waals surface area contributed by atoms with Crippen molar-refractivity contribution in [3.05, 3.63) is 29.8 Å². The van der Waals surface area contributed by atoms with Crippen LogP contribution in [0.25, 0.3) is 0 Å². The summed E-state index contributed by atoms with van der Waals surface area (Å²) >= 11 is 0. The van der Waals surface area contributed by atoms with Gasteiger partial charge in [0.25, 0.3) is 5.91 Å². The molecule has 1 aliphatic rings. The largest absolute Gasteiger partial charge is 0.375 e. The number of anilines is 1. The maximum atomic E-state index is 11.9. The predicted molar refractivity (Wildman–Crippen MR) is 75.1 cm³/mol. The molecule has 3 heteroatoms. The first kappa shape index (κ1) is 12.9. The molecule has 98 valence electrons. The predicted octanol–water partition coefficient (Wildman–Crippen LogP) is 2.67. The van der Waals surface area contributed by atoms with Crippen molar-refractivity contribution < 1.29 is 4.79 Å². The smallest absolute Gasteiger partial charge is 0.251 e. The van der Waals surface area contributed by atoms with Crippen LogP contribution < -0.4 is 10.2 Å². The summed E-state index contributed by atoms with van der Waals surface area (Å²) < 4.78 is 0. The minimum atomic E-state index is 0.0487. The second kappa shape index (κ2) is 5.89. The third-order valence-electron chi connectivity index (χ3n) is 3.82. The molecule has 0 atom stereocenters. The Morgan fingerprint density at radius 1 is 1.33 bits per heavy atom. The minimum absolute atomic E-state index is 0.0487. The van der Waals surface area contributed by atoms with Crippen LogP contribution >= 0.6 is 0 Å². The van der Waals surface area contributed by atoms with Crippen molar-refractivity contribution in [3.63, 3.8) is 0 Å². The third-order valence-corrected chi connectivity index (χ3v) is 3.82. The molecule has 0 bridgehead atoms. The van der Waals surface area contributed by atoms with Gasteiger partial charge in [-0.3, -0.25) is 4.79 Å². The fourth-order valence-electron chi connectivity index (χ4n) is 2.09. The van der Waals surface area contributed by atoms with E-state index < -0.39 is 0 Å². The molecule has 0 unspecified atom stereocenters. The number of carbonyl (C=O) groups is 1. The second-order valence-electron chi connectivity index (χ2n) is 5.07. The zero-order chi connectivity index (χ0) is 13.0. The standard InChI is InChI=1S/C15H22N2O/c1-3-17(2)14-9-7-13(8-10-14)15(18)16-11-12-5-4-6-12/h7-10,12H,3-6,11H2,1-2H3,(H,16,18). The van der Waals surface area contributed by atoms with Crippen molar-refractivity contribution in [1.82, 2.24) is 5.32 Å². The van der Waals surface area contributed by atoms with Gasteiger partial charge in [-0.05, 0) is 49.9 Å². The molecule has 1 fully saturated rings. The first-order valence-corrected chi connectivity index (χ1v) is 6.80.